The van der Waals surface area contributed by atoms with E-state index in [4.69, 9.17) is 17.2 Å². The Morgan fingerprint density at radius 3 is 1.97 bits per heavy atom. The van der Waals surface area contributed by atoms with Crippen LogP contribution in [0.25, 0.3) is 10.9 Å². The maximum absolute atomic E-state index is 14.4. The highest BCUT2D eigenvalue weighted by molar-refractivity contribution is 5.97. The highest BCUT2D eigenvalue weighted by Gasteiger charge is 2.33. The summed E-state index contributed by atoms with van der Waals surface area (Å²) in [5.41, 5.74) is 19.7. The van der Waals surface area contributed by atoms with Gasteiger partial charge in [0.1, 0.15) is 30.2 Å². The molecule has 0 unspecified atom stereocenters. The molecular formula is C41H56N12O7. The van der Waals surface area contributed by atoms with Crippen molar-refractivity contribution in [1.29, 1.82) is 0 Å². The van der Waals surface area contributed by atoms with Crippen LogP contribution >= 0.6 is 0 Å². The summed E-state index contributed by atoms with van der Waals surface area (Å²) in [5, 5.41) is 23.8. The van der Waals surface area contributed by atoms with Crippen LogP contribution in [0.4, 0.5) is 0 Å². The largest absolute Gasteiger partial charge is 0.480 e. The number of nitrogens with one attached hydrogen (secondary N) is 7. The van der Waals surface area contributed by atoms with Crippen LogP contribution in [0.15, 0.2) is 78.3 Å². The number of hydrogen-bond donors (Lipinski definition) is 11. The van der Waals surface area contributed by atoms with Crippen LogP contribution in [0.2, 0.25) is 0 Å². The number of fused-ring (bicyclic) bond motifs is 1. The van der Waals surface area contributed by atoms with Gasteiger partial charge in [0.25, 0.3) is 0 Å². The Bertz CT molecular complexity index is 2080. The van der Waals surface area contributed by atoms with E-state index in [0.717, 1.165) is 16.5 Å². The number of aromatic amines is 2. The van der Waals surface area contributed by atoms with E-state index in [-0.39, 0.29) is 50.5 Å². The Hall–Kier alpha value is -6.76. The summed E-state index contributed by atoms with van der Waals surface area (Å²) in [6.45, 7) is 5.30. The summed E-state index contributed by atoms with van der Waals surface area (Å²) >= 11 is 0. The number of imidazole rings is 1. The number of guanidine groups is 1. The summed E-state index contributed by atoms with van der Waals surface area (Å²) in [7, 11) is 0. The quantitative estimate of drug-likeness (QED) is 0.0266. The molecule has 0 aliphatic heterocycles. The number of carbonyl (C=O) groups is 6. The van der Waals surface area contributed by atoms with Gasteiger partial charge in [-0.1, -0.05) is 62.4 Å². The molecule has 0 saturated heterocycles. The van der Waals surface area contributed by atoms with Gasteiger partial charge in [0, 0.05) is 54.8 Å². The Morgan fingerprint density at radius 1 is 0.733 bits per heavy atom. The number of nitrogens with two attached hydrogens (primary N) is 3. The third-order valence-electron chi connectivity index (χ3n) is 9.64. The third kappa shape index (κ3) is 14.3. The number of para-hydroxylation sites is 1. The van der Waals surface area contributed by atoms with Gasteiger partial charge in [0.05, 0.1) is 12.4 Å². The number of rotatable bonds is 23. The van der Waals surface area contributed by atoms with Crippen molar-refractivity contribution in [3.05, 3.63) is 90.1 Å². The number of amides is 5. The minimum absolute atomic E-state index is 0.0263. The molecule has 4 aromatic rings. The van der Waals surface area contributed by atoms with Gasteiger partial charge < -0.3 is 58.9 Å². The van der Waals surface area contributed by atoms with Crippen LogP contribution in [0, 0.1) is 5.92 Å². The summed E-state index contributed by atoms with van der Waals surface area (Å²) in [5.74, 6) is -4.83. The van der Waals surface area contributed by atoms with Gasteiger partial charge in [-0.25, -0.2) is 9.78 Å². The van der Waals surface area contributed by atoms with Crippen molar-refractivity contribution in [2.24, 2.45) is 28.1 Å². The van der Waals surface area contributed by atoms with Gasteiger partial charge in [-0.15, -0.1) is 0 Å². The fraction of sp³-hybridized carbons (Fsp3) is 0.415. The fourth-order valence-corrected chi connectivity index (χ4v) is 6.46. The van der Waals surface area contributed by atoms with Crippen molar-refractivity contribution in [3.8, 4) is 0 Å². The number of carboxylic acid groups (broad SMARTS) is 1. The normalized spacial score (nSPS) is 14.2. The molecular weight excluding hydrogens is 773 g/mol. The summed E-state index contributed by atoms with van der Waals surface area (Å²) in [6.07, 6.45) is 5.36. The molecule has 0 fully saturated rings. The van der Waals surface area contributed by atoms with Crippen LogP contribution in [-0.4, -0.2) is 104 Å². The molecule has 322 valence electrons. The molecule has 0 radical (unpaired) electrons. The van der Waals surface area contributed by atoms with Crippen molar-refractivity contribution in [3.63, 3.8) is 0 Å². The standard InChI is InChI=1S/C41H56N12O7/c1-23(2)16-34(40(59)60)53-35(54)24(3)49-37(56)33(19-27-21-45-22-48-27)52-39(58)32(18-26-20-47-30-14-8-7-12-28(26)30)51-38(57)31(17-25-10-5-4-6-11-25)50-36(55)29(42)13-9-15-46-41(43)44/h4-8,10-12,14,20-24,29,31-34,47H,9,13,15-19,42H2,1-3H3,(H,45,48)(H,49,56)(H,50,55)(H,51,57)(H,52,58)(H,53,54)(H,59,60)(H4,43,44,46)/t24-,29-,31-,32-,33-,34-/m0/s1. The zero-order chi connectivity index (χ0) is 43.8. The maximum atomic E-state index is 14.4. The number of benzene rings is 2. The number of aliphatic carboxylic acids is 1. The van der Waals surface area contributed by atoms with E-state index >= 15 is 0 Å². The first kappa shape index (κ1) is 45.9. The molecule has 0 aliphatic carbocycles. The second-order valence-corrected chi connectivity index (χ2v) is 15.0. The van der Waals surface area contributed by atoms with E-state index in [1.165, 1.54) is 19.4 Å². The van der Waals surface area contributed by atoms with Crippen molar-refractivity contribution in [2.75, 3.05) is 6.54 Å². The van der Waals surface area contributed by atoms with Gasteiger partial charge >= 0.3 is 5.97 Å². The predicted octanol–water partition coefficient (Wildman–Crippen LogP) is -0.126. The summed E-state index contributed by atoms with van der Waals surface area (Å²) in [6, 6.07) is 9.30. The number of hydrogen-bond acceptors (Lipinski definition) is 9. The predicted molar refractivity (Wildman–Crippen MR) is 225 cm³/mol. The lowest BCUT2D eigenvalue weighted by atomic mass is 10.0. The summed E-state index contributed by atoms with van der Waals surface area (Å²) in [4.78, 5) is 94.7. The Labute approximate surface area is 347 Å². The molecule has 2 heterocycles. The second-order valence-electron chi connectivity index (χ2n) is 15.0. The monoisotopic (exact) mass is 828 g/mol. The van der Waals surface area contributed by atoms with Gasteiger partial charge in [-0.2, -0.15) is 0 Å². The molecule has 19 heteroatoms. The number of nitrogens with zero attached hydrogens (tertiary/aromatic N) is 2. The Balaban J connectivity index is 1.60. The van der Waals surface area contributed by atoms with Crippen LogP contribution in [0.3, 0.4) is 0 Å². The number of aromatic nitrogens is 3. The first-order chi connectivity index (χ1) is 28.6. The van der Waals surface area contributed by atoms with Crippen molar-refractivity contribution >= 4 is 52.4 Å². The molecule has 4 rings (SSSR count). The average Bonchev–Trinajstić information content (AvgIpc) is 3.88. The average molecular weight is 829 g/mol. The van der Waals surface area contributed by atoms with Crippen LogP contribution in [0.5, 0.6) is 0 Å². The summed E-state index contributed by atoms with van der Waals surface area (Å²) < 4.78 is 0. The first-order valence-corrected chi connectivity index (χ1v) is 19.7. The molecule has 0 aliphatic rings. The van der Waals surface area contributed by atoms with Crippen LogP contribution in [0.1, 0.15) is 56.9 Å². The Morgan fingerprint density at radius 2 is 1.33 bits per heavy atom. The first-order valence-electron chi connectivity index (χ1n) is 19.7. The molecule has 19 nitrogen and oxygen atoms in total. The highest BCUT2D eigenvalue weighted by atomic mass is 16.4. The molecule has 5 amide bonds. The third-order valence-corrected chi connectivity index (χ3v) is 9.64. The molecule has 0 saturated carbocycles. The number of H-pyrrole nitrogens is 2. The molecule has 0 bridgehead atoms. The number of carbonyl (C=O) groups excluding carboxylic acids is 5. The van der Waals surface area contributed by atoms with Gasteiger partial charge in [0.15, 0.2) is 5.96 Å². The number of aliphatic imine (C=N–C) groups is 1. The second kappa shape index (κ2) is 22.4. The van der Waals surface area contributed by atoms with Gasteiger partial charge in [-0.3, -0.25) is 29.0 Å². The van der Waals surface area contributed by atoms with E-state index in [1.807, 2.05) is 44.2 Å². The van der Waals surface area contributed by atoms with E-state index in [1.54, 1.807) is 30.5 Å². The van der Waals surface area contributed by atoms with Gasteiger partial charge in [0.2, 0.25) is 29.5 Å². The van der Waals surface area contributed by atoms with E-state index in [9.17, 15) is 33.9 Å². The van der Waals surface area contributed by atoms with Crippen LogP contribution in [-0.2, 0) is 48.0 Å². The van der Waals surface area contributed by atoms with E-state index in [0.29, 0.717) is 17.7 Å². The lowest BCUT2D eigenvalue weighted by Crippen LogP contribution is -2.60. The molecule has 6 atom stereocenters. The SMILES string of the molecule is CC(C)C[C@H](NC(=O)[C@H](C)NC(=O)[C@H](Cc1cnc[nH]1)NC(=O)[C@H](Cc1c[nH]c2ccccc12)NC(=O)[C@H](Cc1ccccc1)NC(=O)[C@@H](N)CCCN=C(N)N)C(=O)O. The van der Waals surface area contributed by atoms with E-state index < -0.39 is 71.8 Å². The topological polar surface area (TPSA) is 318 Å². The molecule has 2 aromatic heterocycles. The molecule has 2 aromatic carbocycles. The number of carboxylic acids is 1. The fourth-order valence-electron chi connectivity index (χ4n) is 6.46. The zero-order valence-corrected chi connectivity index (χ0v) is 33.9. The minimum Gasteiger partial charge on any atom is -0.480 e. The molecule has 14 N–H and O–H groups in total. The minimum atomic E-state index is -1.29. The van der Waals surface area contributed by atoms with Crippen molar-refractivity contribution in [2.45, 2.75) is 95.5 Å². The van der Waals surface area contributed by atoms with Crippen molar-refractivity contribution in [1.82, 2.24) is 41.5 Å². The molecule has 0 spiro atoms. The molecule has 60 heavy (non-hydrogen) atoms. The smallest absolute Gasteiger partial charge is 0.326 e. The highest BCUT2D eigenvalue weighted by Crippen LogP contribution is 2.20. The lowest BCUT2D eigenvalue weighted by molar-refractivity contribution is -0.142. The van der Waals surface area contributed by atoms with E-state index in [2.05, 4.69) is 46.5 Å². The van der Waals surface area contributed by atoms with Gasteiger partial charge in [-0.05, 0) is 49.3 Å². The maximum Gasteiger partial charge on any atom is 0.326 e. The zero-order valence-electron chi connectivity index (χ0n) is 33.9. The Kier molecular flexibility index (Phi) is 17.2. The van der Waals surface area contributed by atoms with Crippen molar-refractivity contribution < 1.29 is 33.9 Å². The van der Waals surface area contributed by atoms with Crippen LogP contribution < -0.4 is 43.8 Å². The lowest BCUT2D eigenvalue weighted by Gasteiger charge is -2.27.